The molecule has 1 aliphatic heterocycles. The number of fused-ring (bicyclic) bond motifs is 2. The summed E-state index contributed by atoms with van der Waals surface area (Å²) >= 11 is 0. The van der Waals surface area contributed by atoms with Gasteiger partial charge in [-0.1, -0.05) is 12.8 Å². The molecule has 1 heterocycles. The summed E-state index contributed by atoms with van der Waals surface area (Å²) in [6, 6.07) is 1.43. The van der Waals surface area contributed by atoms with Crippen molar-refractivity contribution in [2.75, 3.05) is 32.7 Å². The van der Waals surface area contributed by atoms with Gasteiger partial charge in [-0.3, -0.25) is 4.90 Å². The van der Waals surface area contributed by atoms with Crippen LogP contribution in [0.3, 0.4) is 0 Å². The molecule has 114 valence electrons. The van der Waals surface area contributed by atoms with Crippen LogP contribution in [0, 0.1) is 17.8 Å². The van der Waals surface area contributed by atoms with Crippen molar-refractivity contribution in [3.63, 3.8) is 0 Å². The van der Waals surface area contributed by atoms with Gasteiger partial charge in [0.15, 0.2) is 0 Å². The van der Waals surface area contributed by atoms with Crippen LogP contribution in [0.2, 0.25) is 0 Å². The van der Waals surface area contributed by atoms with Crippen molar-refractivity contribution in [3.8, 4) is 0 Å². The molecule has 3 nitrogen and oxygen atoms in total. The van der Waals surface area contributed by atoms with Gasteiger partial charge < -0.3 is 10.6 Å². The van der Waals surface area contributed by atoms with E-state index in [1.165, 1.54) is 77.7 Å². The van der Waals surface area contributed by atoms with E-state index < -0.39 is 0 Å². The molecule has 3 saturated carbocycles. The summed E-state index contributed by atoms with van der Waals surface area (Å²) in [6.45, 7) is 6.48. The molecule has 4 rings (SSSR count). The monoisotopic (exact) mass is 277 g/mol. The molecule has 2 N–H and O–H groups in total. The van der Waals surface area contributed by atoms with Crippen LogP contribution < -0.4 is 5.73 Å². The van der Waals surface area contributed by atoms with Gasteiger partial charge in [-0.2, -0.15) is 0 Å². The third-order valence-corrected chi connectivity index (χ3v) is 6.87. The second kappa shape index (κ2) is 5.58. The highest BCUT2D eigenvalue weighted by Gasteiger charge is 2.46. The van der Waals surface area contributed by atoms with Crippen molar-refractivity contribution in [2.45, 2.75) is 57.0 Å². The summed E-state index contributed by atoms with van der Waals surface area (Å²) < 4.78 is 0. The number of piperazine rings is 1. The molecule has 20 heavy (non-hydrogen) atoms. The van der Waals surface area contributed by atoms with Crippen LogP contribution in [0.4, 0.5) is 0 Å². The van der Waals surface area contributed by atoms with Crippen LogP contribution in [0.25, 0.3) is 0 Å². The summed E-state index contributed by atoms with van der Waals surface area (Å²) in [6.07, 6.45) is 10.2. The van der Waals surface area contributed by atoms with E-state index >= 15 is 0 Å². The smallest absolute Gasteiger partial charge is 0.0113 e. The lowest BCUT2D eigenvalue weighted by atomic mass is 9.84. The molecule has 0 amide bonds. The zero-order valence-corrected chi connectivity index (χ0v) is 12.8. The highest BCUT2D eigenvalue weighted by atomic mass is 15.3. The maximum Gasteiger partial charge on any atom is 0.0113 e. The van der Waals surface area contributed by atoms with Crippen molar-refractivity contribution in [2.24, 2.45) is 23.5 Å². The lowest BCUT2D eigenvalue weighted by Crippen LogP contribution is -2.52. The van der Waals surface area contributed by atoms with Crippen molar-refractivity contribution < 1.29 is 0 Å². The number of nitrogens with zero attached hydrogens (tertiary/aromatic N) is 2. The van der Waals surface area contributed by atoms with Crippen molar-refractivity contribution in [3.05, 3.63) is 0 Å². The van der Waals surface area contributed by atoms with E-state index in [1.54, 1.807) is 0 Å². The van der Waals surface area contributed by atoms with Gasteiger partial charge in [-0.05, 0) is 49.9 Å². The number of rotatable bonds is 3. The lowest BCUT2D eigenvalue weighted by molar-refractivity contribution is 0.0764. The molecule has 0 aromatic heterocycles. The van der Waals surface area contributed by atoms with Gasteiger partial charge in [0, 0.05) is 44.8 Å². The Morgan fingerprint density at radius 2 is 1.55 bits per heavy atom. The predicted molar refractivity (Wildman–Crippen MR) is 82.6 cm³/mol. The molecule has 4 aliphatic rings. The van der Waals surface area contributed by atoms with E-state index in [2.05, 4.69) is 9.80 Å². The highest BCUT2D eigenvalue weighted by molar-refractivity contribution is 5.00. The third kappa shape index (κ3) is 2.42. The van der Waals surface area contributed by atoms with Crippen LogP contribution in [0.1, 0.15) is 44.9 Å². The standard InChI is InChI=1S/C17H31N3/c18-17-14-6-5-13(11-14)16(17)12-19-7-9-20(10-8-19)15-3-1-2-4-15/h13-17H,1-12,18H2. The summed E-state index contributed by atoms with van der Waals surface area (Å²) in [5.41, 5.74) is 6.47. The molecule has 0 aromatic rings. The minimum atomic E-state index is 0.515. The van der Waals surface area contributed by atoms with Gasteiger partial charge in [0.2, 0.25) is 0 Å². The average molecular weight is 277 g/mol. The van der Waals surface area contributed by atoms with E-state index in [4.69, 9.17) is 5.73 Å². The Morgan fingerprint density at radius 3 is 2.20 bits per heavy atom. The molecular weight excluding hydrogens is 246 g/mol. The predicted octanol–water partition coefficient (Wildman–Crippen LogP) is 1.92. The van der Waals surface area contributed by atoms with Crippen LogP contribution in [0.15, 0.2) is 0 Å². The largest absolute Gasteiger partial charge is 0.327 e. The first-order valence-electron chi connectivity index (χ1n) is 9.03. The van der Waals surface area contributed by atoms with Crippen LogP contribution in [0.5, 0.6) is 0 Å². The van der Waals surface area contributed by atoms with Gasteiger partial charge in [-0.25, -0.2) is 0 Å². The minimum absolute atomic E-state index is 0.515. The first-order chi connectivity index (χ1) is 9.81. The zero-order chi connectivity index (χ0) is 13.5. The zero-order valence-electron chi connectivity index (χ0n) is 12.8. The van der Waals surface area contributed by atoms with Crippen LogP contribution in [-0.4, -0.2) is 54.6 Å². The molecule has 2 bridgehead atoms. The Hall–Kier alpha value is -0.120. The topological polar surface area (TPSA) is 32.5 Å². The molecule has 4 atom stereocenters. The minimum Gasteiger partial charge on any atom is -0.327 e. The van der Waals surface area contributed by atoms with E-state index in [9.17, 15) is 0 Å². The second-order valence-electron chi connectivity index (χ2n) is 7.85. The van der Waals surface area contributed by atoms with E-state index in [0.29, 0.717) is 6.04 Å². The normalized spacial score (nSPS) is 43.6. The fraction of sp³-hybridized carbons (Fsp3) is 1.00. The Morgan fingerprint density at radius 1 is 0.850 bits per heavy atom. The van der Waals surface area contributed by atoms with E-state index in [1.807, 2.05) is 0 Å². The molecular formula is C17H31N3. The van der Waals surface area contributed by atoms with Crippen molar-refractivity contribution in [1.29, 1.82) is 0 Å². The third-order valence-electron chi connectivity index (χ3n) is 6.87. The molecule has 3 aliphatic carbocycles. The summed E-state index contributed by atoms with van der Waals surface area (Å²) in [4.78, 5) is 5.49. The molecule has 0 aromatic carbocycles. The summed E-state index contributed by atoms with van der Waals surface area (Å²) in [7, 11) is 0. The number of hydrogen-bond acceptors (Lipinski definition) is 3. The van der Waals surface area contributed by atoms with Crippen LogP contribution >= 0.6 is 0 Å². The van der Waals surface area contributed by atoms with Crippen LogP contribution in [-0.2, 0) is 0 Å². The van der Waals surface area contributed by atoms with Gasteiger partial charge in [0.1, 0.15) is 0 Å². The Kier molecular flexibility index (Phi) is 3.78. The molecule has 0 radical (unpaired) electrons. The van der Waals surface area contributed by atoms with Gasteiger partial charge in [0.25, 0.3) is 0 Å². The van der Waals surface area contributed by atoms with Crippen molar-refractivity contribution >= 4 is 0 Å². The SMILES string of the molecule is NC1C2CCC(C2)C1CN1CCN(C2CCCC2)CC1. The second-order valence-corrected chi connectivity index (χ2v) is 7.85. The van der Waals surface area contributed by atoms with Crippen molar-refractivity contribution in [1.82, 2.24) is 9.80 Å². The number of hydrogen-bond donors (Lipinski definition) is 1. The van der Waals surface area contributed by atoms with Gasteiger partial charge >= 0.3 is 0 Å². The first-order valence-corrected chi connectivity index (χ1v) is 9.03. The maximum atomic E-state index is 6.47. The molecule has 0 spiro atoms. The summed E-state index contributed by atoms with van der Waals surface area (Å²) in [5.74, 6) is 2.64. The molecule has 3 heteroatoms. The Balaban J connectivity index is 1.27. The Bertz CT molecular complexity index is 329. The fourth-order valence-corrected chi connectivity index (χ4v) is 5.60. The lowest BCUT2D eigenvalue weighted by Gasteiger charge is -2.40. The Labute approximate surface area is 123 Å². The van der Waals surface area contributed by atoms with Gasteiger partial charge in [0.05, 0.1) is 0 Å². The fourth-order valence-electron chi connectivity index (χ4n) is 5.60. The van der Waals surface area contributed by atoms with Gasteiger partial charge in [-0.15, -0.1) is 0 Å². The quantitative estimate of drug-likeness (QED) is 0.855. The first kappa shape index (κ1) is 13.5. The average Bonchev–Trinajstić information content (AvgIpc) is 3.19. The number of nitrogens with two attached hydrogens (primary N) is 1. The molecule has 4 fully saturated rings. The highest BCUT2D eigenvalue weighted by Crippen LogP contribution is 2.47. The van der Waals surface area contributed by atoms with E-state index in [0.717, 1.165) is 23.8 Å². The van der Waals surface area contributed by atoms with E-state index in [-0.39, 0.29) is 0 Å². The molecule has 4 unspecified atom stereocenters. The molecule has 1 saturated heterocycles. The summed E-state index contributed by atoms with van der Waals surface area (Å²) in [5, 5.41) is 0. The maximum absolute atomic E-state index is 6.47.